The molecule has 0 saturated heterocycles. The molecule has 0 fully saturated rings. The third-order valence-electron chi connectivity index (χ3n) is 2.27. The van der Waals surface area contributed by atoms with E-state index in [1.807, 2.05) is 0 Å². The van der Waals surface area contributed by atoms with Crippen molar-refractivity contribution in [2.75, 3.05) is 13.2 Å². The minimum absolute atomic E-state index is 0.301. The van der Waals surface area contributed by atoms with Crippen molar-refractivity contribution in [1.82, 2.24) is 0 Å². The van der Waals surface area contributed by atoms with Crippen LogP contribution >= 0.6 is 0 Å². The van der Waals surface area contributed by atoms with Crippen LogP contribution in [0, 0.1) is 11.8 Å². The average Bonchev–Trinajstić information content (AvgIpc) is 2.11. The number of unbranched alkanes of at least 4 members (excludes halogenated alkanes) is 1. The summed E-state index contributed by atoms with van der Waals surface area (Å²) in [6.45, 7) is 4.73. The van der Waals surface area contributed by atoms with Crippen LogP contribution in [0.2, 0.25) is 0 Å². The number of hydrogen-bond donors (Lipinski definition) is 2. The quantitative estimate of drug-likeness (QED) is 0.578. The first-order valence-corrected chi connectivity index (χ1v) is 4.92. The molecule has 0 amide bonds. The smallest absolute Gasteiger partial charge is 0.0456 e. The van der Waals surface area contributed by atoms with Gasteiger partial charge >= 0.3 is 0 Å². The van der Waals surface area contributed by atoms with Gasteiger partial charge in [0.2, 0.25) is 0 Å². The molecule has 0 aromatic heterocycles. The van der Waals surface area contributed by atoms with E-state index in [2.05, 4.69) is 13.8 Å². The van der Waals surface area contributed by atoms with Crippen LogP contribution < -0.4 is 0 Å². The van der Waals surface area contributed by atoms with Gasteiger partial charge in [0.05, 0.1) is 0 Å². The van der Waals surface area contributed by atoms with Crippen molar-refractivity contribution >= 4 is 0 Å². The maximum atomic E-state index is 8.75. The zero-order chi connectivity index (χ0) is 9.40. The molecule has 0 spiro atoms. The molecule has 0 heterocycles. The Bertz CT molecular complexity index is 81.8. The standard InChI is InChI=1S/C10H22O2/c1-9(7-11)5-3-4-6-10(2)8-12/h9-12H,3-8H2,1-2H3. The lowest BCUT2D eigenvalue weighted by Crippen LogP contribution is -2.02. The molecule has 0 bridgehead atoms. The molecule has 0 saturated carbocycles. The highest BCUT2D eigenvalue weighted by Gasteiger charge is 2.02. The largest absolute Gasteiger partial charge is 0.396 e. The van der Waals surface area contributed by atoms with Crippen LogP contribution in [0.5, 0.6) is 0 Å². The van der Waals surface area contributed by atoms with Crippen molar-refractivity contribution < 1.29 is 10.2 Å². The molecule has 12 heavy (non-hydrogen) atoms. The van der Waals surface area contributed by atoms with Crippen molar-refractivity contribution in [3.05, 3.63) is 0 Å². The first kappa shape index (κ1) is 11.9. The fourth-order valence-corrected chi connectivity index (χ4v) is 1.17. The summed E-state index contributed by atoms with van der Waals surface area (Å²) in [5, 5.41) is 17.5. The molecule has 0 aliphatic carbocycles. The van der Waals surface area contributed by atoms with Gasteiger partial charge in [0.1, 0.15) is 0 Å². The highest BCUT2D eigenvalue weighted by atomic mass is 16.3. The van der Waals surface area contributed by atoms with Gasteiger partial charge in [-0.15, -0.1) is 0 Å². The van der Waals surface area contributed by atoms with Crippen molar-refractivity contribution in [2.24, 2.45) is 11.8 Å². The van der Waals surface area contributed by atoms with Gasteiger partial charge in [-0.3, -0.25) is 0 Å². The van der Waals surface area contributed by atoms with E-state index >= 15 is 0 Å². The maximum Gasteiger partial charge on any atom is 0.0456 e. The van der Waals surface area contributed by atoms with E-state index in [0.29, 0.717) is 25.0 Å². The van der Waals surface area contributed by atoms with Gasteiger partial charge in [0.15, 0.2) is 0 Å². The lowest BCUT2D eigenvalue weighted by Gasteiger charge is -2.09. The van der Waals surface area contributed by atoms with Gasteiger partial charge in [0.25, 0.3) is 0 Å². The van der Waals surface area contributed by atoms with Gasteiger partial charge in [-0.1, -0.05) is 26.7 Å². The van der Waals surface area contributed by atoms with Crippen molar-refractivity contribution in [3.63, 3.8) is 0 Å². The van der Waals surface area contributed by atoms with Crippen molar-refractivity contribution in [1.29, 1.82) is 0 Å². The van der Waals surface area contributed by atoms with Crippen LogP contribution in [0.3, 0.4) is 0 Å². The van der Waals surface area contributed by atoms with Gasteiger partial charge in [-0.05, 0) is 24.7 Å². The molecule has 0 radical (unpaired) electrons. The maximum absolute atomic E-state index is 8.75. The minimum atomic E-state index is 0.301. The van der Waals surface area contributed by atoms with Crippen LogP contribution in [0.25, 0.3) is 0 Å². The van der Waals surface area contributed by atoms with E-state index in [1.54, 1.807) is 0 Å². The minimum Gasteiger partial charge on any atom is -0.396 e. The first-order valence-electron chi connectivity index (χ1n) is 4.92. The fraction of sp³-hybridized carbons (Fsp3) is 1.00. The Kier molecular flexibility index (Phi) is 7.51. The fourth-order valence-electron chi connectivity index (χ4n) is 1.17. The average molecular weight is 174 g/mol. The van der Waals surface area contributed by atoms with Crippen LogP contribution in [-0.2, 0) is 0 Å². The Hall–Kier alpha value is -0.0800. The predicted molar refractivity (Wildman–Crippen MR) is 51.0 cm³/mol. The molecule has 0 aliphatic rings. The van der Waals surface area contributed by atoms with Gasteiger partial charge in [-0.2, -0.15) is 0 Å². The summed E-state index contributed by atoms with van der Waals surface area (Å²) < 4.78 is 0. The normalized spacial score (nSPS) is 16.0. The van der Waals surface area contributed by atoms with Crippen LogP contribution in [0.1, 0.15) is 39.5 Å². The summed E-state index contributed by atoms with van der Waals surface area (Å²) in [7, 11) is 0. The number of rotatable bonds is 7. The predicted octanol–water partition coefficient (Wildman–Crippen LogP) is 1.80. The Morgan fingerprint density at radius 2 is 1.17 bits per heavy atom. The van der Waals surface area contributed by atoms with Crippen molar-refractivity contribution in [3.8, 4) is 0 Å². The van der Waals surface area contributed by atoms with Gasteiger partial charge in [-0.25, -0.2) is 0 Å². The van der Waals surface area contributed by atoms with Gasteiger partial charge in [0, 0.05) is 13.2 Å². The summed E-state index contributed by atoms with van der Waals surface area (Å²) in [4.78, 5) is 0. The van der Waals surface area contributed by atoms with E-state index in [0.717, 1.165) is 12.8 Å². The summed E-state index contributed by atoms with van der Waals surface area (Å²) in [6.07, 6.45) is 4.56. The third-order valence-corrected chi connectivity index (χ3v) is 2.27. The zero-order valence-corrected chi connectivity index (χ0v) is 8.29. The molecule has 2 unspecified atom stereocenters. The van der Waals surface area contributed by atoms with E-state index in [-0.39, 0.29) is 0 Å². The topological polar surface area (TPSA) is 40.5 Å². The Balaban J connectivity index is 3.10. The Labute approximate surface area is 75.6 Å². The number of hydrogen-bond acceptors (Lipinski definition) is 2. The highest BCUT2D eigenvalue weighted by molar-refractivity contribution is 4.54. The summed E-state index contributed by atoms with van der Waals surface area (Å²) >= 11 is 0. The highest BCUT2D eigenvalue weighted by Crippen LogP contribution is 2.12. The lowest BCUT2D eigenvalue weighted by molar-refractivity contribution is 0.216. The van der Waals surface area contributed by atoms with Crippen LogP contribution in [-0.4, -0.2) is 23.4 Å². The first-order chi connectivity index (χ1) is 5.70. The molecule has 74 valence electrons. The van der Waals surface area contributed by atoms with Crippen LogP contribution in [0.4, 0.5) is 0 Å². The molecule has 2 nitrogen and oxygen atoms in total. The third kappa shape index (κ3) is 6.62. The van der Waals surface area contributed by atoms with E-state index in [1.165, 1.54) is 12.8 Å². The van der Waals surface area contributed by atoms with Crippen molar-refractivity contribution in [2.45, 2.75) is 39.5 Å². The zero-order valence-electron chi connectivity index (χ0n) is 8.29. The number of aliphatic hydroxyl groups excluding tert-OH is 2. The van der Waals surface area contributed by atoms with Crippen LogP contribution in [0.15, 0.2) is 0 Å². The van der Waals surface area contributed by atoms with E-state index in [9.17, 15) is 0 Å². The second-order valence-electron chi connectivity index (χ2n) is 3.86. The molecular formula is C10H22O2. The monoisotopic (exact) mass is 174 g/mol. The molecular weight excluding hydrogens is 152 g/mol. The molecule has 2 N–H and O–H groups in total. The van der Waals surface area contributed by atoms with E-state index in [4.69, 9.17) is 10.2 Å². The second-order valence-corrected chi connectivity index (χ2v) is 3.86. The lowest BCUT2D eigenvalue weighted by atomic mass is 10.00. The summed E-state index contributed by atoms with van der Waals surface area (Å²) in [5.74, 6) is 0.879. The summed E-state index contributed by atoms with van der Waals surface area (Å²) in [5.41, 5.74) is 0. The summed E-state index contributed by atoms with van der Waals surface area (Å²) in [6, 6.07) is 0. The molecule has 0 aliphatic heterocycles. The molecule has 2 atom stereocenters. The van der Waals surface area contributed by atoms with E-state index < -0.39 is 0 Å². The Morgan fingerprint density at radius 3 is 1.42 bits per heavy atom. The molecule has 2 heteroatoms. The number of aliphatic hydroxyl groups is 2. The Morgan fingerprint density at radius 1 is 0.833 bits per heavy atom. The SMILES string of the molecule is CC(CO)CCCCC(C)CO. The second kappa shape index (κ2) is 7.56. The molecule has 0 rings (SSSR count). The van der Waals surface area contributed by atoms with Gasteiger partial charge < -0.3 is 10.2 Å². The molecule has 0 aromatic carbocycles. The molecule has 0 aromatic rings.